The first-order chi connectivity index (χ1) is 4.84. The molecule has 0 bridgehead atoms. The van der Waals surface area contributed by atoms with Gasteiger partial charge in [-0.25, -0.2) is 0 Å². The lowest BCUT2D eigenvalue weighted by Gasteiger charge is -2.24. The van der Waals surface area contributed by atoms with Gasteiger partial charge in [0.15, 0.2) is 0 Å². The minimum atomic E-state index is 0.236. The third kappa shape index (κ3) is 1.44. The molecule has 0 saturated heterocycles. The molecule has 2 N–H and O–H groups in total. The Morgan fingerprint density at radius 2 is 1.90 bits per heavy atom. The molecule has 1 rings (SSSR count). The Bertz CT molecular complexity index is 190. The number of rotatable bonds is 2. The molecule has 0 saturated carbocycles. The van der Waals surface area contributed by atoms with Crippen LogP contribution in [0.4, 0.5) is 5.69 Å². The average Bonchev–Trinajstić information content (AvgIpc) is 2.05. The van der Waals surface area contributed by atoms with Crippen LogP contribution in [0, 0.1) is 5.21 Å². The molecule has 54 valence electrons. The van der Waals surface area contributed by atoms with Gasteiger partial charge in [0.05, 0.1) is 5.69 Å². The van der Waals surface area contributed by atoms with Gasteiger partial charge in [-0.1, -0.05) is 18.2 Å². The van der Waals surface area contributed by atoms with Crippen molar-refractivity contribution in [2.75, 3.05) is 5.23 Å². The van der Waals surface area contributed by atoms with Crippen LogP contribution in [-0.4, -0.2) is 0 Å². The fourth-order valence-corrected chi connectivity index (χ4v) is 0.611. The minimum Gasteiger partial charge on any atom is -0.732 e. The van der Waals surface area contributed by atoms with Crippen molar-refractivity contribution in [1.29, 1.82) is 0 Å². The third-order valence-corrected chi connectivity index (χ3v) is 1.06. The third-order valence-electron chi connectivity index (χ3n) is 1.06. The highest BCUT2D eigenvalue weighted by Gasteiger charge is 1.88. The summed E-state index contributed by atoms with van der Waals surface area (Å²) in [4.78, 5) is 3.91. The molecule has 0 aromatic heterocycles. The van der Waals surface area contributed by atoms with Crippen molar-refractivity contribution in [3.05, 3.63) is 35.5 Å². The van der Waals surface area contributed by atoms with Gasteiger partial charge in [0.2, 0.25) is 0 Å². The molecule has 10 heavy (non-hydrogen) atoms. The van der Waals surface area contributed by atoms with Crippen LogP contribution in [0.5, 0.6) is 0 Å². The highest BCUT2D eigenvalue weighted by Crippen LogP contribution is 2.09. The molecule has 0 radical (unpaired) electrons. The molecule has 0 fully saturated rings. The van der Waals surface area contributed by atoms with Crippen molar-refractivity contribution >= 4 is 5.69 Å². The van der Waals surface area contributed by atoms with Gasteiger partial charge >= 0.3 is 0 Å². The van der Waals surface area contributed by atoms with Gasteiger partial charge in [-0.15, -0.1) is 0 Å². The van der Waals surface area contributed by atoms with Crippen molar-refractivity contribution in [1.82, 2.24) is 0 Å². The van der Waals surface area contributed by atoms with E-state index >= 15 is 0 Å². The van der Waals surface area contributed by atoms with Crippen LogP contribution in [-0.2, 0) is 4.94 Å². The maximum Gasteiger partial charge on any atom is 0.0530 e. The van der Waals surface area contributed by atoms with Crippen LogP contribution in [0.2, 0.25) is 0 Å². The summed E-state index contributed by atoms with van der Waals surface area (Å²) in [6.07, 6.45) is 0. The summed E-state index contributed by atoms with van der Waals surface area (Å²) in [5.74, 6) is 4.62. The molecule has 1 aromatic rings. The molecule has 0 amide bonds. The zero-order valence-electron chi connectivity index (χ0n) is 5.23. The van der Waals surface area contributed by atoms with Crippen LogP contribution in [0.1, 0.15) is 0 Å². The van der Waals surface area contributed by atoms with E-state index in [2.05, 4.69) is 10.8 Å². The monoisotopic (exact) mass is 139 g/mol. The fourth-order valence-electron chi connectivity index (χ4n) is 0.611. The Kier molecular flexibility index (Phi) is 2.22. The van der Waals surface area contributed by atoms with Crippen LogP contribution in [0.15, 0.2) is 30.3 Å². The second kappa shape index (κ2) is 3.17. The van der Waals surface area contributed by atoms with Crippen molar-refractivity contribution in [2.45, 2.75) is 0 Å². The first kappa shape index (κ1) is 7.01. The van der Waals surface area contributed by atoms with Crippen molar-refractivity contribution in [3.63, 3.8) is 0 Å². The number of anilines is 1. The molecule has 0 heterocycles. The Balaban J connectivity index is 2.75. The van der Waals surface area contributed by atoms with Gasteiger partial charge in [-0.2, -0.15) is 10.8 Å². The smallest absolute Gasteiger partial charge is 0.0530 e. The molecule has 4 heteroatoms. The summed E-state index contributed by atoms with van der Waals surface area (Å²) in [6.45, 7) is 0. The normalized spacial score (nSPS) is 9.40. The van der Waals surface area contributed by atoms with Crippen molar-refractivity contribution in [3.8, 4) is 0 Å². The van der Waals surface area contributed by atoms with Crippen molar-refractivity contribution < 1.29 is 4.94 Å². The quantitative estimate of drug-likeness (QED) is 0.615. The lowest BCUT2D eigenvalue weighted by molar-refractivity contribution is 0.136. The molecule has 0 aliphatic heterocycles. The van der Waals surface area contributed by atoms with E-state index in [1.165, 1.54) is 0 Å². The maximum absolute atomic E-state index is 10.6. The van der Waals surface area contributed by atoms with E-state index in [1.54, 1.807) is 30.3 Å². The zero-order valence-corrected chi connectivity index (χ0v) is 5.23. The summed E-state index contributed by atoms with van der Waals surface area (Å²) in [7, 11) is 0. The van der Waals surface area contributed by atoms with E-state index in [4.69, 9.17) is 0 Å². The standard InChI is InChI=1S/C6H7N2O2/c7-10-8(9)6-4-2-1-3-5-6/h1-5H,7H2/q-1. The molecule has 4 nitrogen and oxygen atoms in total. The topological polar surface area (TPSA) is 61.5 Å². The van der Waals surface area contributed by atoms with Crippen molar-refractivity contribution in [2.24, 2.45) is 5.90 Å². The van der Waals surface area contributed by atoms with Crippen LogP contribution >= 0.6 is 0 Å². The number of hydrogen-bond donors (Lipinski definition) is 1. The molecule has 0 atom stereocenters. The lowest BCUT2D eigenvalue weighted by atomic mass is 10.3. The molecule has 0 unspecified atom stereocenters. The summed E-state index contributed by atoms with van der Waals surface area (Å²) in [5, 5.41) is 10.8. The highest BCUT2D eigenvalue weighted by atomic mass is 16.9. The number of nitrogens with zero attached hydrogens (tertiary/aromatic N) is 1. The second-order valence-corrected chi connectivity index (χ2v) is 1.70. The summed E-state index contributed by atoms with van der Waals surface area (Å²) >= 11 is 0. The van der Waals surface area contributed by atoms with Gasteiger partial charge in [-0.05, 0) is 12.1 Å². The molecule has 0 spiro atoms. The molecule has 0 aliphatic rings. The summed E-state index contributed by atoms with van der Waals surface area (Å²) in [6, 6.07) is 8.44. The largest absolute Gasteiger partial charge is 0.732 e. The predicted molar refractivity (Wildman–Crippen MR) is 37.6 cm³/mol. The maximum atomic E-state index is 10.6. The fraction of sp³-hybridized carbons (Fsp3) is 0. The minimum absolute atomic E-state index is 0.236. The second-order valence-electron chi connectivity index (χ2n) is 1.70. The van der Waals surface area contributed by atoms with Gasteiger partial charge in [-0.3, -0.25) is 5.23 Å². The highest BCUT2D eigenvalue weighted by molar-refractivity contribution is 5.43. The Morgan fingerprint density at radius 1 is 1.30 bits per heavy atom. The van der Waals surface area contributed by atoms with Crippen LogP contribution < -0.4 is 11.1 Å². The van der Waals surface area contributed by atoms with Gasteiger partial charge in [0.1, 0.15) is 0 Å². The lowest BCUT2D eigenvalue weighted by Crippen LogP contribution is -2.19. The SMILES string of the molecule is NON([O-])c1ccccc1. The van der Waals surface area contributed by atoms with Gasteiger partial charge in [0, 0.05) is 0 Å². The van der Waals surface area contributed by atoms with E-state index in [9.17, 15) is 5.21 Å². The van der Waals surface area contributed by atoms with E-state index in [1.807, 2.05) is 0 Å². The number of hydrogen-bond acceptors (Lipinski definition) is 4. The molecular weight excluding hydrogens is 132 g/mol. The van der Waals surface area contributed by atoms with Crippen LogP contribution in [0.25, 0.3) is 0 Å². The first-order valence-corrected chi connectivity index (χ1v) is 2.74. The van der Waals surface area contributed by atoms with E-state index in [-0.39, 0.29) is 5.23 Å². The summed E-state index contributed by atoms with van der Waals surface area (Å²) in [5.41, 5.74) is 0.380. The van der Waals surface area contributed by atoms with Gasteiger partial charge < -0.3 is 5.21 Å². The Hall–Kier alpha value is -1.10. The Morgan fingerprint density at radius 3 is 2.40 bits per heavy atom. The number of nitrogens with two attached hydrogens (primary N) is 1. The van der Waals surface area contributed by atoms with Gasteiger partial charge in [0.25, 0.3) is 0 Å². The van der Waals surface area contributed by atoms with E-state index in [0.29, 0.717) is 5.69 Å². The predicted octanol–water partition coefficient (Wildman–Crippen LogP) is 0.796. The van der Waals surface area contributed by atoms with E-state index < -0.39 is 0 Å². The number of benzene rings is 1. The Labute approximate surface area is 58.3 Å². The number of para-hydroxylation sites is 1. The molecule has 0 aliphatic carbocycles. The molecule has 1 aromatic carbocycles. The summed E-state index contributed by atoms with van der Waals surface area (Å²) < 4.78 is 0. The molecular formula is C6H7N2O2-. The average molecular weight is 139 g/mol. The van der Waals surface area contributed by atoms with E-state index in [0.717, 1.165) is 0 Å². The first-order valence-electron chi connectivity index (χ1n) is 2.74. The van der Waals surface area contributed by atoms with Crippen LogP contribution in [0.3, 0.4) is 0 Å². The zero-order chi connectivity index (χ0) is 7.40.